The van der Waals surface area contributed by atoms with Crippen LogP contribution in [0.5, 0.6) is 0 Å². The van der Waals surface area contributed by atoms with Crippen molar-refractivity contribution in [1.29, 1.82) is 0 Å². The van der Waals surface area contributed by atoms with Crippen molar-refractivity contribution < 1.29 is 0 Å². The maximum atomic E-state index is 6.07. The topological polar surface area (TPSA) is 12.0 Å². The highest BCUT2D eigenvalue weighted by molar-refractivity contribution is 7.99. The molecule has 18 heavy (non-hydrogen) atoms. The summed E-state index contributed by atoms with van der Waals surface area (Å²) >= 11 is 14.0. The van der Waals surface area contributed by atoms with Crippen LogP contribution < -0.4 is 5.32 Å². The summed E-state index contributed by atoms with van der Waals surface area (Å²) in [5.41, 5.74) is 1.21. The third-order valence-electron chi connectivity index (χ3n) is 2.81. The van der Waals surface area contributed by atoms with Crippen LogP contribution >= 0.6 is 35.0 Å². The lowest BCUT2D eigenvalue weighted by atomic mass is 10.0. The van der Waals surface area contributed by atoms with Crippen molar-refractivity contribution in [2.24, 2.45) is 0 Å². The molecule has 0 saturated heterocycles. The molecule has 0 aliphatic carbocycles. The van der Waals surface area contributed by atoms with Crippen molar-refractivity contribution in [2.75, 3.05) is 11.5 Å². The maximum Gasteiger partial charge on any atom is 0.0595 e. The first kappa shape index (κ1) is 16.2. The van der Waals surface area contributed by atoms with Crippen molar-refractivity contribution in [1.82, 2.24) is 5.32 Å². The van der Waals surface area contributed by atoms with E-state index in [1.807, 2.05) is 23.9 Å². The molecule has 0 aliphatic heterocycles. The first-order valence-electron chi connectivity index (χ1n) is 6.37. The van der Waals surface area contributed by atoms with Crippen molar-refractivity contribution in [3.63, 3.8) is 0 Å². The Balaban J connectivity index is 2.67. The van der Waals surface area contributed by atoms with Crippen LogP contribution in [-0.2, 0) is 0 Å². The molecule has 1 N–H and O–H groups in total. The number of benzene rings is 1. The van der Waals surface area contributed by atoms with Gasteiger partial charge in [-0.1, -0.05) is 43.1 Å². The normalized spacial score (nSPS) is 14.5. The summed E-state index contributed by atoms with van der Waals surface area (Å²) in [7, 11) is 0. The van der Waals surface area contributed by atoms with Crippen molar-refractivity contribution >= 4 is 35.0 Å². The largest absolute Gasteiger partial charge is 0.307 e. The Morgan fingerprint density at radius 2 is 1.94 bits per heavy atom. The van der Waals surface area contributed by atoms with Crippen molar-refractivity contribution in [3.8, 4) is 0 Å². The zero-order chi connectivity index (χ0) is 13.5. The highest BCUT2D eigenvalue weighted by atomic mass is 35.5. The maximum absolute atomic E-state index is 6.07. The third-order valence-corrected chi connectivity index (χ3v) is 4.69. The molecule has 0 heterocycles. The molecule has 0 aromatic heterocycles. The molecule has 1 nitrogen and oxygen atoms in total. The smallest absolute Gasteiger partial charge is 0.0595 e. The molecule has 102 valence electrons. The van der Waals surface area contributed by atoms with E-state index in [1.54, 1.807) is 0 Å². The second-order valence-electron chi connectivity index (χ2n) is 4.36. The minimum atomic E-state index is 0.340. The predicted molar refractivity (Wildman–Crippen MR) is 85.1 cm³/mol. The number of hydrogen-bond acceptors (Lipinski definition) is 2. The van der Waals surface area contributed by atoms with E-state index in [2.05, 4.69) is 32.2 Å². The van der Waals surface area contributed by atoms with Gasteiger partial charge >= 0.3 is 0 Å². The fourth-order valence-electron chi connectivity index (χ4n) is 1.87. The fraction of sp³-hybridized carbons (Fsp3) is 0.571. The summed E-state index contributed by atoms with van der Waals surface area (Å²) in [6.45, 7) is 6.59. The standard InChI is InChI=1S/C14H21Cl2NS/c1-4-14(17-10(3)9-18-5-2)11-6-7-12(15)13(16)8-11/h6-8,10,14,17H,4-5,9H2,1-3H3. The Morgan fingerprint density at radius 1 is 1.22 bits per heavy atom. The Kier molecular flexibility index (Phi) is 7.47. The molecule has 4 heteroatoms. The van der Waals surface area contributed by atoms with Gasteiger partial charge in [-0.05, 0) is 36.8 Å². The average Bonchev–Trinajstić information content (AvgIpc) is 2.37. The molecule has 0 aliphatic rings. The zero-order valence-corrected chi connectivity index (χ0v) is 13.5. The number of halogens is 2. The Bertz CT molecular complexity index is 371. The van der Waals surface area contributed by atoms with Crippen LogP contribution in [0.4, 0.5) is 0 Å². The van der Waals surface area contributed by atoms with Gasteiger partial charge in [0.15, 0.2) is 0 Å². The van der Waals surface area contributed by atoms with Crippen molar-refractivity contribution in [2.45, 2.75) is 39.3 Å². The summed E-state index contributed by atoms with van der Waals surface area (Å²) in [5, 5.41) is 4.89. The lowest BCUT2D eigenvalue weighted by Crippen LogP contribution is -2.32. The second kappa shape index (κ2) is 8.31. The highest BCUT2D eigenvalue weighted by Crippen LogP contribution is 2.27. The zero-order valence-electron chi connectivity index (χ0n) is 11.2. The molecule has 1 rings (SSSR count). The van der Waals surface area contributed by atoms with Crippen LogP contribution in [0.2, 0.25) is 10.0 Å². The van der Waals surface area contributed by atoms with E-state index in [0.717, 1.165) is 17.9 Å². The van der Waals surface area contributed by atoms with Gasteiger partial charge in [0.05, 0.1) is 10.0 Å². The van der Waals surface area contributed by atoms with E-state index in [1.165, 1.54) is 5.56 Å². The van der Waals surface area contributed by atoms with Crippen molar-refractivity contribution in [3.05, 3.63) is 33.8 Å². The minimum Gasteiger partial charge on any atom is -0.307 e. The van der Waals surface area contributed by atoms with E-state index in [0.29, 0.717) is 22.1 Å². The van der Waals surface area contributed by atoms with Gasteiger partial charge in [-0.25, -0.2) is 0 Å². The molecule has 2 unspecified atom stereocenters. The van der Waals surface area contributed by atoms with Gasteiger partial charge in [0, 0.05) is 17.8 Å². The molecule has 0 saturated carbocycles. The summed E-state index contributed by atoms with van der Waals surface area (Å²) in [6, 6.07) is 6.72. The molecule has 0 bridgehead atoms. The Morgan fingerprint density at radius 3 is 2.50 bits per heavy atom. The molecule has 1 aromatic carbocycles. The third kappa shape index (κ3) is 5.00. The SMILES string of the molecule is CCSCC(C)NC(CC)c1ccc(Cl)c(Cl)c1. The number of rotatable bonds is 7. The van der Waals surface area contributed by atoms with Crippen LogP contribution in [0.15, 0.2) is 18.2 Å². The average molecular weight is 306 g/mol. The summed E-state index contributed by atoms with van der Waals surface area (Å²) in [6.07, 6.45) is 1.04. The van der Waals surface area contributed by atoms with Crippen LogP contribution in [0, 0.1) is 0 Å². The molecular weight excluding hydrogens is 285 g/mol. The molecule has 0 fully saturated rings. The van der Waals surface area contributed by atoms with Gasteiger partial charge in [0.25, 0.3) is 0 Å². The number of nitrogens with one attached hydrogen (secondary N) is 1. The van der Waals surface area contributed by atoms with Crippen LogP contribution in [0.25, 0.3) is 0 Å². The molecule has 0 amide bonds. The predicted octanol–water partition coefficient (Wildman–Crippen LogP) is 5.18. The molecule has 2 atom stereocenters. The van der Waals surface area contributed by atoms with E-state index in [-0.39, 0.29) is 0 Å². The molecule has 0 spiro atoms. The van der Waals surface area contributed by atoms with Crippen LogP contribution in [-0.4, -0.2) is 17.5 Å². The number of hydrogen-bond donors (Lipinski definition) is 1. The van der Waals surface area contributed by atoms with Crippen LogP contribution in [0.3, 0.4) is 0 Å². The summed E-state index contributed by atoms with van der Waals surface area (Å²) in [4.78, 5) is 0. The Labute approximate surface area is 125 Å². The molecule has 1 aromatic rings. The molecular formula is C14H21Cl2NS. The van der Waals surface area contributed by atoms with E-state index >= 15 is 0 Å². The monoisotopic (exact) mass is 305 g/mol. The first-order chi connectivity index (χ1) is 8.58. The van der Waals surface area contributed by atoms with Gasteiger partial charge in [-0.2, -0.15) is 11.8 Å². The van der Waals surface area contributed by atoms with Gasteiger partial charge < -0.3 is 5.32 Å². The number of thioether (sulfide) groups is 1. The van der Waals surface area contributed by atoms with Gasteiger partial charge in [0.2, 0.25) is 0 Å². The Hall–Kier alpha value is 0.110. The van der Waals surface area contributed by atoms with E-state index in [4.69, 9.17) is 23.2 Å². The first-order valence-corrected chi connectivity index (χ1v) is 8.28. The highest BCUT2D eigenvalue weighted by Gasteiger charge is 2.13. The second-order valence-corrected chi connectivity index (χ2v) is 6.49. The fourth-order valence-corrected chi connectivity index (χ4v) is 2.86. The molecule has 0 radical (unpaired) electrons. The van der Waals surface area contributed by atoms with Gasteiger partial charge in [0.1, 0.15) is 0 Å². The summed E-state index contributed by atoms with van der Waals surface area (Å²) in [5.74, 6) is 2.30. The van der Waals surface area contributed by atoms with Gasteiger partial charge in [-0.3, -0.25) is 0 Å². The summed E-state index contributed by atoms with van der Waals surface area (Å²) < 4.78 is 0. The lowest BCUT2D eigenvalue weighted by Gasteiger charge is -2.22. The van der Waals surface area contributed by atoms with E-state index in [9.17, 15) is 0 Å². The van der Waals surface area contributed by atoms with E-state index < -0.39 is 0 Å². The van der Waals surface area contributed by atoms with Crippen LogP contribution in [0.1, 0.15) is 38.8 Å². The quantitative estimate of drug-likeness (QED) is 0.745. The van der Waals surface area contributed by atoms with Gasteiger partial charge in [-0.15, -0.1) is 0 Å². The minimum absolute atomic E-state index is 0.340. The lowest BCUT2D eigenvalue weighted by molar-refractivity contribution is 0.470.